The summed E-state index contributed by atoms with van der Waals surface area (Å²) < 4.78 is 37.6. The first-order valence-corrected chi connectivity index (χ1v) is 11.8. The minimum atomic E-state index is -3.59. The molecule has 0 N–H and O–H groups in total. The molecular weight excluding hydrogens is 408 g/mol. The fourth-order valence-electron chi connectivity index (χ4n) is 3.02. The van der Waals surface area contributed by atoms with Crippen LogP contribution in [0.2, 0.25) is 0 Å². The lowest BCUT2D eigenvalue weighted by atomic mass is 9.87. The Balaban J connectivity index is 1.73. The summed E-state index contributed by atoms with van der Waals surface area (Å²) in [5.74, 6) is 1.97. The van der Waals surface area contributed by atoms with Gasteiger partial charge in [-0.25, -0.2) is 8.42 Å². The van der Waals surface area contributed by atoms with E-state index in [0.717, 1.165) is 11.3 Å². The Morgan fingerprint density at radius 3 is 1.39 bits per heavy atom. The Morgan fingerprint density at radius 2 is 0.968 bits per heavy atom. The number of hydrogen-bond acceptors (Lipinski definition) is 4. The molecule has 31 heavy (non-hydrogen) atoms. The van der Waals surface area contributed by atoms with E-state index in [9.17, 15) is 8.42 Å². The van der Waals surface area contributed by atoms with Gasteiger partial charge in [0.25, 0.3) is 0 Å². The predicted octanol–water partition coefficient (Wildman–Crippen LogP) is 6.79. The largest absolute Gasteiger partial charge is 0.488 e. The maximum absolute atomic E-state index is 13.0. The van der Waals surface area contributed by atoms with Gasteiger partial charge in [0.1, 0.15) is 22.8 Å². The van der Waals surface area contributed by atoms with Crippen molar-refractivity contribution >= 4 is 9.84 Å². The van der Waals surface area contributed by atoms with Gasteiger partial charge in [-0.1, -0.05) is 32.9 Å². The standard InChI is InChI=1S/C26H30O4S/c1-25(2,3)19-7-15-23(16-8-19)31(27,28)24-17-13-21(14-18-24)29-20-9-11-22(12-10-20)30-26(4,5)6/h7-18H,1-6H3. The van der Waals surface area contributed by atoms with Gasteiger partial charge in [-0.3, -0.25) is 0 Å². The molecule has 4 nitrogen and oxygen atoms in total. The topological polar surface area (TPSA) is 52.6 Å². The van der Waals surface area contributed by atoms with E-state index in [2.05, 4.69) is 20.8 Å². The molecule has 164 valence electrons. The lowest BCUT2D eigenvalue weighted by Crippen LogP contribution is -2.22. The molecule has 0 aliphatic carbocycles. The molecule has 0 aromatic heterocycles. The van der Waals surface area contributed by atoms with Crippen LogP contribution >= 0.6 is 0 Å². The van der Waals surface area contributed by atoms with E-state index in [1.54, 1.807) is 36.4 Å². The van der Waals surface area contributed by atoms with Crippen LogP contribution in [0.5, 0.6) is 17.2 Å². The van der Waals surface area contributed by atoms with Crippen LogP contribution in [0.25, 0.3) is 0 Å². The number of sulfone groups is 1. The zero-order valence-corrected chi connectivity index (χ0v) is 19.8. The van der Waals surface area contributed by atoms with Crippen LogP contribution in [0.4, 0.5) is 0 Å². The molecule has 0 atom stereocenters. The summed E-state index contributed by atoms with van der Waals surface area (Å²) in [5.41, 5.74) is 0.795. The Bertz CT molecular complexity index is 1110. The molecule has 3 aromatic carbocycles. The number of hydrogen-bond donors (Lipinski definition) is 0. The maximum atomic E-state index is 13.0. The molecule has 0 spiro atoms. The molecule has 0 fully saturated rings. The monoisotopic (exact) mass is 438 g/mol. The van der Waals surface area contributed by atoms with Gasteiger partial charge in [0.05, 0.1) is 9.79 Å². The maximum Gasteiger partial charge on any atom is 0.206 e. The Kier molecular flexibility index (Phi) is 6.19. The van der Waals surface area contributed by atoms with Crippen LogP contribution < -0.4 is 9.47 Å². The van der Waals surface area contributed by atoms with E-state index >= 15 is 0 Å². The lowest BCUT2D eigenvalue weighted by molar-refractivity contribution is 0.131. The van der Waals surface area contributed by atoms with Gasteiger partial charge in [-0.15, -0.1) is 0 Å². The molecule has 0 saturated heterocycles. The van der Waals surface area contributed by atoms with Gasteiger partial charge in [-0.05, 0) is 92.4 Å². The molecule has 3 rings (SSSR count). The summed E-state index contributed by atoms with van der Waals surface area (Å²) in [6, 6.07) is 20.9. The smallest absolute Gasteiger partial charge is 0.206 e. The highest BCUT2D eigenvalue weighted by molar-refractivity contribution is 7.91. The molecule has 5 heteroatoms. The zero-order valence-electron chi connectivity index (χ0n) is 19.0. The molecule has 0 amide bonds. The first-order valence-electron chi connectivity index (χ1n) is 10.3. The van der Waals surface area contributed by atoms with E-state index in [-0.39, 0.29) is 20.8 Å². The second-order valence-electron chi connectivity index (χ2n) is 9.54. The fourth-order valence-corrected chi connectivity index (χ4v) is 4.28. The summed E-state index contributed by atoms with van der Waals surface area (Å²) in [6.07, 6.45) is 0. The minimum Gasteiger partial charge on any atom is -0.488 e. The van der Waals surface area contributed by atoms with Crippen LogP contribution in [0.3, 0.4) is 0 Å². The highest BCUT2D eigenvalue weighted by atomic mass is 32.2. The average Bonchev–Trinajstić information content (AvgIpc) is 2.68. The van der Waals surface area contributed by atoms with Gasteiger partial charge in [-0.2, -0.15) is 0 Å². The third kappa shape index (κ3) is 5.88. The Morgan fingerprint density at radius 1 is 0.581 bits per heavy atom. The second-order valence-corrected chi connectivity index (χ2v) is 11.5. The summed E-state index contributed by atoms with van der Waals surface area (Å²) in [5, 5.41) is 0. The quantitative estimate of drug-likeness (QED) is 0.440. The normalized spacial score (nSPS) is 12.5. The highest BCUT2D eigenvalue weighted by Crippen LogP contribution is 2.29. The summed E-state index contributed by atoms with van der Waals surface area (Å²) in [4.78, 5) is 0.515. The van der Waals surface area contributed by atoms with Crippen molar-refractivity contribution < 1.29 is 17.9 Å². The molecule has 0 aliphatic rings. The van der Waals surface area contributed by atoms with Crippen molar-refractivity contribution in [1.82, 2.24) is 0 Å². The van der Waals surface area contributed by atoms with E-state index in [1.165, 1.54) is 0 Å². The van der Waals surface area contributed by atoms with Gasteiger partial charge in [0.2, 0.25) is 9.84 Å². The van der Waals surface area contributed by atoms with Crippen molar-refractivity contribution in [3.8, 4) is 17.2 Å². The van der Waals surface area contributed by atoms with Crippen LogP contribution in [0, 0.1) is 0 Å². The lowest BCUT2D eigenvalue weighted by Gasteiger charge is -2.21. The third-order valence-corrected chi connectivity index (χ3v) is 6.43. The van der Waals surface area contributed by atoms with Crippen LogP contribution in [0.1, 0.15) is 47.1 Å². The number of ether oxygens (including phenoxy) is 2. The van der Waals surface area contributed by atoms with Crippen molar-refractivity contribution in [3.05, 3.63) is 78.4 Å². The molecule has 3 aromatic rings. The van der Waals surface area contributed by atoms with Gasteiger partial charge in [0.15, 0.2) is 0 Å². The molecular formula is C26H30O4S. The van der Waals surface area contributed by atoms with Crippen molar-refractivity contribution in [3.63, 3.8) is 0 Å². The zero-order chi connectivity index (χ0) is 22.9. The van der Waals surface area contributed by atoms with E-state index in [0.29, 0.717) is 11.5 Å². The SMILES string of the molecule is CC(C)(C)Oc1ccc(Oc2ccc(S(=O)(=O)c3ccc(C(C)(C)C)cc3)cc2)cc1. The average molecular weight is 439 g/mol. The summed E-state index contributed by atoms with van der Waals surface area (Å²) in [6.45, 7) is 12.3. The highest BCUT2D eigenvalue weighted by Gasteiger charge is 2.20. The Hall–Kier alpha value is -2.79. The molecule has 0 heterocycles. The van der Waals surface area contributed by atoms with Crippen LogP contribution in [-0.2, 0) is 15.3 Å². The van der Waals surface area contributed by atoms with Crippen LogP contribution in [-0.4, -0.2) is 14.0 Å². The van der Waals surface area contributed by atoms with E-state index in [1.807, 2.05) is 57.2 Å². The van der Waals surface area contributed by atoms with Gasteiger partial charge in [0, 0.05) is 0 Å². The second kappa shape index (κ2) is 8.39. The van der Waals surface area contributed by atoms with Crippen LogP contribution in [0.15, 0.2) is 82.6 Å². The predicted molar refractivity (Wildman–Crippen MR) is 124 cm³/mol. The molecule has 0 bridgehead atoms. The number of rotatable bonds is 5. The van der Waals surface area contributed by atoms with E-state index in [4.69, 9.17) is 9.47 Å². The van der Waals surface area contributed by atoms with Crippen molar-refractivity contribution in [1.29, 1.82) is 0 Å². The van der Waals surface area contributed by atoms with Gasteiger partial charge >= 0.3 is 0 Å². The molecule has 0 aliphatic heterocycles. The van der Waals surface area contributed by atoms with Gasteiger partial charge < -0.3 is 9.47 Å². The van der Waals surface area contributed by atoms with Crippen molar-refractivity contribution in [2.45, 2.75) is 62.3 Å². The summed E-state index contributed by atoms with van der Waals surface area (Å²) >= 11 is 0. The molecule has 0 radical (unpaired) electrons. The first kappa shape index (κ1) is 22.9. The van der Waals surface area contributed by atoms with E-state index < -0.39 is 9.84 Å². The number of benzene rings is 3. The molecule has 0 saturated carbocycles. The van der Waals surface area contributed by atoms with Crippen molar-refractivity contribution in [2.75, 3.05) is 0 Å². The summed E-state index contributed by atoms with van der Waals surface area (Å²) in [7, 11) is -3.59. The molecule has 0 unspecified atom stereocenters. The first-order chi connectivity index (χ1) is 14.3. The Labute approximate surface area is 185 Å². The third-order valence-electron chi connectivity index (χ3n) is 4.65. The minimum absolute atomic E-state index is 0.0294. The fraction of sp³-hybridized carbons (Fsp3) is 0.308. The van der Waals surface area contributed by atoms with Crippen molar-refractivity contribution in [2.24, 2.45) is 0 Å².